The summed E-state index contributed by atoms with van der Waals surface area (Å²) in [7, 11) is 0. The lowest BCUT2D eigenvalue weighted by Crippen LogP contribution is -2.38. The molecule has 102 valence electrons. The Bertz CT molecular complexity index is 495. The maximum atomic E-state index is 11.9. The first kappa shape index (κ1) is 14.7. The Morgan fingerprint density at radius 1 is 1.21 bits per heavy atom. The van der Waals surface area contributed by atoms with Gasteiger partial charge in [0, 0.05) is 0 Å². The minimum atomic E-state index is -5.03. The van der Waals surface area contributed by atoms with Crippen molar-refractivity contribution in [2.45, 2.75) is 6.18 Å². The van der Waals surface area contributed by atoms with Crippen LogP contribution in [-0.2, 0) is 9.59 Å². The van der Waals surface area contributed by atoms with E-state index < -0.39 is 24.6 Å². The first-order valence-corrected chi connectivity index (χ1v) is 5.14. The Labute approximate surface area is 106 Å². The Morgan fingerprint density at radius 3 is 2.26 bits per heavy atom. The van der Waals surface area contributed by atoms with E-state index in [0.29, 0.717) is 5.56 Å². The average molecular weight is 273 g/mol. The van der Waals surface area contributed by atoms with Gasteiger partial charge in [0.15, 0.2) is 0 Å². The molecule has 1 rings (SSSR count). The minimum Gasteiger partial charge on any atom is -0.478 e. The predicted octanol–water partition coefficient (Wildman–Crippen LogP) is 1.83. The van der Waals surface area contributed by atoms with Crippen LogP contribution in [0, 0.1) is 0 Å². The molecule has 4 nitrogen and oxygen atoms in total. The molecular weight excluding hydrogens is 263 g/mol. The second-order valence-electron chi connectivity index (χ2n) is 3.57. The van der Waals surface area contributed by atoms with Gasteiger partial charge in [-0.3, -0.25) is 4.79 Å². The van der Waals surface area contributed by atoms with Crippen molar-refractivity contribution in [3.8, 4) is 0 Å². The molecule has 1 amide bonds. The molecule has 1 aromatic rings. The number of hydrogen-bond donors (Lipinski definition) is 2. The number of carboxylic acids is 1. The summed E-state index contributed by atoms with van der Waals surface area (Å²) in [6, 6.07) is 8.20. The summed E-state index contributed by atoms with van der Waals surface area (Å²) in [5.41, 5.74) is 0.171. The largest absolute Gasteiger partial charge is 0.478 e. The van der Waals surface area contributed by atoms with Crippen molar-refractivity contribution in [3.63, 3.8) is 0 Å². The Balaban J connectivity index is 2.78. The Kier molecular flexibility index (Phi) is 4.68. The quantitative estimate of drug-likeness (QED) is 0.822. The van der Waals surface area contributed by atoms with Crippen LogP contribution in [0.1, 0.15) is 5.56 Å². The summed E-state index contributed by atoms with van der Waals surface area (Å²) in [5.74, 6) is -3.57. The number of alkyl halides is 3. The summed E-state index contributed by atoms with van der Waals surface area (Å²) in [4.78, 5) is 21.5. The number of carboxylic acid groups (broad SMARTS) is 1. The zero-order valence-electron chi connectivity index (χ0n) is 9.57. The van der Waals surface area contributed by atoms with E-state index in [-0.39, 0.29) is 5.57 Å². The molecule has 0 heterocycles. The highest BCUT2D eigenvalue weighted by Gasteiger charge is 2.38. The standard InChI is InChI=1S/C12H10F3NO3/c13-12(14,15)11(19)16-7-9(10(17)18)6-8-4-2-1-3-5-8/h1-6H,7H2,(H,16,19)(H,17,18). The van der Waals surface area contributed by atoms with Crippen LogP contribution in [0.2, 0.25) is 0 Å². The molecule has 0 aliphatic rings. The average Bonchev–Trinajstić information content (AvgIpc) is 2.33. The van der Waals surface area contributed by atoms with Gasteiger partial charge in [0.25, 0.3) is 0 Å². The lowest BCUT2D eigenvalue weighted by atomic mass is 10.1. The van der Waals surface area contributed by atoms with Crippen molar-refractivity contribution >= 4 is 18.0 Å². The monoisotopic (exact) mass is 273 g/mol. The zero-order valence-corrected chi connectivity index (χ0v) is 9.57. The van der Waals surface area contributed by atoms with Crippen LogP contribution in [0.4, 0.5) is 13.2 Å². The molecule has 0 saturated heterocycles. The van der Waals surface area contributed by atoms with Gasteiger partial charge in [-0.2, -0.15) is 13.2 Å². The van der Waals surface area contributed by atoms with Crippen LogP contribution in [0.25, 0.3) is 6.08 Å². The van der Waals surface area contributed by atoms with Crippen LogP contribution in [0.3, 0.4) is 0 Å². The third-order valence-electron chi connectivity index (χ3n) is 2.11. The second kappa shape index (κ2) is 6.03. The highest BCUT2D eigenvalue weighted by Crippen LogP contribution is 2.14. The molecule has 2 N–H and O–H groups in total. The van der Waals surface area contributed by atoms with E-state index >= 15 is 0 Å². The van der Waals surface area contributed by atoms with Gasteiger partial charge in [-0.1, -0.05) is 30.3 Å². The molecule has 0 atom stereocenters. The topological polar surface area (TPSA) is 66.4 Å². The Morgan fingerprint density at radius 2 is 1.79 bits per heavy atom. The molecule has 0 radical (unpaired) electrons. The van der Waals surface area contributed by atoms with E-state index in [0.717, 1.165) is 0 Å². The van der Waals surface area contributed by atoms with Gasteiger partial charge in [0.2, 0.25) is 0 Å². The fourth-order valence-electron chi connectivity index (χ4n) is 1.21. The summed E-state index contributed by atoms with van der Waals surface area (Å²) in [5, 5.41) is 10.4. The number of nitrogens with one attached hydrogen (secondary N) is 1. The van der Waals surface area contributed by atoms with Gasteiger partial charge in [-0.05, 0) is 11.6 Å². The van der Waals surface area contributed by atoms with E-state index in [4.69, 9.17) is 5.11 Å². The molecule has 0 saturated carbocycles. The molecule has 0 aromatic heterocycles. The summed E-state index contributed by atoms with van der Waals surface area (Å²) >= 11 is 0. The number of hydrogen-bond acceptors (Lipinski definition) is 2. The normalized spacial score (nSPS) is 12.1. The van der Waals surface area contributed by atoms with Crippen molar-refractivity contribution in [2.75, 3.05) is 6.54 Å². The van der Waals surface area contributed by atoms with E-state index in [2.05, 4.69) is 0 Å². The lowest BCUT2D eigenvalue weighted by Gasteiger charge is -2.08. The third kappa shape index (κ3) is 4.82. The molecule has 19 heavy (non-hydrogen) atoms. The fourth-order valence-corrected chi connectivity index (χ4v) is 1.21. The molecule has 0 unspecified atom stereocenters. The van der Waals surface area contributed by atoms with E-state index in [1.165, 1.54) is 11.4 Å². The van der Waals surface area contributed by atoms with Crippen LogP contribution in [-0.4, -0.2) is 29.7 Å². The van der Waals surface area contributed by atoms with Crippen molar-refractivity contribution in [1.29, 1.82) is 0 Å². The lowest BCUT2D eigenvalue weighted by molar-refractivity contribution is -0.173. The fraction of sp³-hybridized carbons (Fsp3) is 0.167. The number of benzene rings is 1. The molecule has 0 spiro atoms. The maximum Gasteiger partial charge on any atom is 0.471 e. The number of amides is 1. The van der Waals surface area contributed by atoms with Crippen molar-refractivity contribution in [1.82, 2.24) is 5.32 Å². The van der Waals surface area contributed by atoms with Crippen LogP contribution in [0.15, 0.2) is 35.9 Å². The van der Waals surface area contributed by atoms with Crippen LogP contribution in [0.5, 0.6) is 0 Å². The van der Waals surface area contributed by atoms with Crippen molar-refractivity contribution in [2.24, 2.45) is 0 Å². The van der Waals surface area contributed by atoms with E-state index in [1.807, 2.05) is 0 Å². The summed E-state index contributed by atoms with van der Waals surface area (Å²) in [6.45, 7) is -0.706. The van der Waals surface area contributed by atoms with Gasteiger partial charge in [0.05, 0.1) is 12.1 Å². The van der Waals surface area contributed by atoms with Gasteiger partial charge in [-0.25, -0.2) is 4.79 Å². The highest BCUT2D eigenvalue weighted by molar-refractivity contribution is 5.93. The highest BCUT2D eigenvalue weighted by atomic mass is 19.4. The smallest absolute Gasteiger partial charge is 0.471 e. The van der Waals surface area contributed by atoms with E-state index in [1.54, 1.807) is 30.3 Å². The van der Waals surface area contributed by atoms with E-state index in [9.17, 15) is 22.8 Å². The van der Waals surface area contributed by atoms with Crippen molar-refractivity contribution < 1.29 is 27.9 Å². The molecule has 0 bridgehead atoms. The molecular formula is C12H10F3NO3. The molecule has 7 heteroatoms. The number of rotatable bonds is 4. The van der Waals surface area contributed by atoms with Gasteiger partial charge >= 0.3 is 18.1 Å². The van der Waals surface area contributed by atoms with Crippen LogP contribution >= 0.6 is 0 Å². The molecule has 1 aromatic carbocycles. The SMILES string of the molecule is O=C(O)C(=Cc1ccccc1)CNC(=O)C(F)(F)F. The summed E-state index contributed by atoms with van der Waals surface area (Å²) < 4.78 is 35.8. The summed E-state index contributed by atoms with van der Waals surface area (Å²) in [6.07, 6.45) is -3.84. The second-order valence-corrected chi connectivity index (χ2v) is 3.57. The number of carbonyl (C=O) groups is 2. The molecule has 0 aliphatic heterocycles. The van der Waals surface area contributed by atoms with Gasteiger partial charge in [0.1, 0.15) is 0 Å². The zero-order chi connectivity index (χ0) is 14.5. The number of carbonyl (C=O) groups excluding carboxylic acids is 1. The predicted molar refractivity (Wildman–Crippen MR) is 61.1 cm³/mol. The van der Waals surface area contributed by atoms with Gasteiger partial charge in [-0.15, -0.1) is 0 Å². The third-order valence-corrected chi connectivity index (χ3v) is 2.11. The number of aliphatic carboxylic acids is 1. The van der Waals surface area contributed by atoms with Gasteiger partial charge < -0.3 is 10.4 Å². The first-order valence-electron chi connectivity index (χ1n) is 5.14. The van der Waals surface area contributed by atoms with Crippen molar-refractivity contribution in [3.05, 3.63) is 41.5 Å². The minimum absolute atomic E-state index is 0.344. The molecule has 0 fully saturated rings. The molecule has 0 aliphatic carbocycles. The maximum absolute atomic E-state index is 11.9. The Hall–Kier alpha value is -2.31. The first-order chi connectivity index (χ1) is 8.80. The van der Waals surface area contributed by atoms with Crippen LogP contribution < -0.4 is 5.32 Å². The number of halogens is 3.